The number of halogens is 1. The first-order valence-electron chi connectivity index (χ1n) is 5.83. The van der Waals surface area contributed by atoms with Gasteiger partial charge in [0.2, 0.25) is 0 Å². The van der Waals surface area contributed by atoms with Crippen LogP contribution in [0.25, 0.3) is 17.2 Å². The van der Waals surface area contributed by atoms with Crippen molar-refractivity contribution in [2.45, 2.75) is 12.8 Å². The standard InChI is InChI=1S/C16H13Br/c1-11-7-8-13-9-14(10-15(17)16(11)13)12-5-3-2-4-6-12/h2-11H,1H3. The van der Waals surface area contributed by atoms with Gasteiger partial charge in [-0.15, -0.1) is 0 Å². The first-order valence-corrected chi connectivity index (χ1v) is 6.62. The fourth-order valence-corrected chi connectivity index (χ4v) is 3.24. The van der Waals surface area contributed by atoms with Gasteiger partial charge in [-0.2, -0.15) is 0 Å². The summed E-state index contributed by atoms with van der Waals surface area (Å²) in [5.74, 6) is 0.518. The highest BCUT2D eigenvalue weighted by Gasteiger charge is 2.17. The molecule has 2 aromatic carbocycles. The van der Waals surface area contributed by atoms with Crippen LogP contribution in [0.5, 0.6) is 0 Å². The molecule has 0 saturated carbocycles. The van der Waals surface area contributed by atoms with Gasteiger partial charge in [0.1, 0.15) is 0 Å². The molecule has 1 aliphatic rings. The normalized spacial score (nSPS) is 17.2. The number of benzene rings is 2. The summed E-state index contributed by atoms with van der Waals surface area (Å²) in [4.78, 5) is 0. The van der Waals surface area contributed by atoms with Crippen molar-refractivity contribution in [2.24, 2.45) is 0 Å². The van der Waals surface area contributed by atoms with E-state index >= 15 is 0 Å². The van der Waals surface area contributed by atoms with Gasteiger partial charge in [0.15, 0.2) is 0 Å². The van der Waals surface area contributed by atoms with E-state index in [1.807, 2.05) is 6.07 Å². The molecular formula is C16H13Br. The molecule has 1 heteroatoms. The Bertz CT molecular complexity index is 582. The third-order valence-corrected chi connectivity index (χ3v) is 3.94. The lowest BCUT2D eigenvalue weighted by molar-refractivity contribution is 0.982. The molecule has 3 rings (SSSR count). The highest BCUT2D eigenvalue weighted by Crippen LogP contribution is 2.38. The molecule has 0 spiro atoms. The predicted molar refractivity (Wildman–Crippen MR) is 77.0 cm³/mol. The summed E-state index contributed by atoms with van der Waals surface area (Å²) < 4.78 is 1.21. The van der Waals surface area contributed by atoms with Gasteiger partial charge < -0.3 is 0 Å². The SMILES string of the molecule is CC1C=Cc2cc(-c3ccccc3)cc(Br)c21. The van der Waals surface area contributed by atoms with Gasteiger partial charge in [-0.3, -0.25) is 0 Å². The molecule has 1 unspecified atom stereocenters. The van der Waals surface area contributed by atoms with Crippen molar-refractivity contribution >= 4 is 22.0 Å². The number of rotatable bonds is 1. The van der Waals surface area contributed by atoms with E-state index in [1.165, 1.54) is 26.7 Å². The van der Waals surface area contributed by atoms with E-state index in [0.717, 1.165) is 0 Å². The molecule has 84 valence electrons. The van der Waals surface area contributed by atoms with Crippen LogP contribution in [0, 0.1) is 0 Å². The first kappa shape index (κ1) is 10.8. The van der Waals surface area contributed by atoms with Gasteiger partial charge in [-0.1, -0.05) is 65.3 Å². The Morgan fingerprint density at radius 1 is 1.00 bits per heavy atom. The van der Waals surface area contributed by atoms with Crippen molar-refractivity contribution in [3.05, 3.63) is 64.1 Å². The van der Waals surface area contributed by atoms with Crippen LogP contribution in [-0.2, 0) is 0 Å². The predicted octanol–water partition coefficient (Wildman–Crippen LogP) is 5.25. The van der Waals surface area contributed by atoms with E-state index in [2.05, 4.69) is 71.4 Å². The van der Waals surface area contributed by atoms with E-state index in [9.17, 15) is 0 Å². The summed E-state index contributed by atoms with van der Waals surface area (Å²) in [5, 5.41) is 0. The van der Waals surface area contributed by atoms with Crippen molar-refractivity contribution in [3.8, 4) is 11.1 Å². The zero-order valence-electron chi connectivity index (χ0n) is 9.65. The van der Waals surface area contributed by atoms with Gasteiger partial charge in [0, 0.05) is 10.4 Å². The van der Waals surface area contributed by atoms with Crippen LogP contribution < -0.4 is 0 Å². The first-order chi connectivity index (χ1) is 8.25. The molecule has 0 bridgehead atoms. The largest absolute Gasteiger partial charge is 0.0766 e. The minimum atomic E-state index is 0.518. The topological polar surface area (TPSA) is 0 Å². The Morgan fingerprint density at radius 3 is 2.53 bits per heavy atom. The van der Waals surface area contributed by atoms with Crippen molar-refractivity contribution in [1.29, 1.82) is 0 Å². The lowest BCUT2D eigenvalue weighted by Crippen LogP contribution is -1.90. The van der Waals surface area contributed by atoms with E-state index in [0.29, 0.717) is 5.92 Å². The molecule has 17 heavy (non-hydrogen) atoms. The highest BCUT2D eigenvalue weighted by molar-refractivity contribution is 9.10. The van der Waals surface area contributed by atoms with Crippen LogP contribution in [-0.4, -0.2) is 0 Å². The molecule has 0 radical (unpaired) electrons. The maximum Gasteiger partial charge on any atom is 0.0225 e. The number of allylic oxidation sites excluding steroid dienone is 1. The number of hydrogen-bond acceptors (Lipinski definition) is 0. The molecule has 0 fully saturated rings. The second-order valence-corrected chi connectivity index (χ2v) is 5.33. The summed E-state index contributed by atoms with van der Waals surface area (Å²) in [6.45, 7) is 2.23. The minimum absolute atomic E-state index is 0.518. The van der Waals surface area contributed by atoms with Crippen LogP contribution in [0.2, 0.25) is 0 Å². The lowest BCUT2D eigenvalue weighted by Gasteiger charge is -2.11. The van der Waals surface area contributed by atoms with Gasteiger partial charge in [-0.05, 0) is 34.4 Å². The average molecular weight is 285 g/mol. The maximum absolute atomic E-state index is 3.70. The Balaban J connectivity index is 2.16. The molecule has 2 aromatic rings. The van der Waals surface area contributed by atoms with E-state index in [1.54, 1.807) is 0 Å². The Morgan fingerprint density at radius 2 is 1.76 bits per heavy atom. The zero-order chi connectivity index (χ0) is 11.8. The average Bonchev–Trinajstić information content (AvgIpc) is 2.73. The Kier molecular flexibility index (Phi) is 2.64. The summed E-state index contributed by atoms with van der Waals surface area (Å²) in [5.41, 5.74) is 5.29. The van der Waals surface area contributed by atoms with Crippen LogP contribution in [0.15, 0.2) is 53.0 Å². The number of fused-ring (bicyclic) bond motifs is 1. The fraction of sp³-hybridized carbons (Fsp3) is 0.125. The lowest BCUT2D eigenvalue weighted by atomic mass is 9.97. The van der Waals surface area contributed by atoms with Crippen molar-refractivity contribution in [3.63, 3.8) is 0 Å². The summed E-state index contributed by atoms with van der Waals surface area (Å²) in [6.07, 6.45) is 4.47. The molecule has 1 atom stereocenters. The van der Waals surface area contributed by atoms with E-state index in [-0.39, 0.29) is 0 Å². The zero-order valence-corrected chi connectivity index (χ0v) is 11.2. The molecule has 0 heterocycles. The second kappa shape index (κ2) is 4.15. The molecule has 0 N–H and O–H groups in total. The molecular weight excluding hydrogens is 272 g/mol. The minimum Gasteiger partial charge on any atom is -0.0766 e. The smallest absolute Gasteiger partial charge is 0.0225 e. The monoisotopic (exact) mass is 284 g/mol. The Labute approximate surface area is 110 Å². The quantitative estimate of drug-likeness (QED) is 0.671. The van der Waals surface area contributed by atoms with Crippen LogP contribution in [0.4, 0.5) is 0 Å². The van der Waals surface area contributed by atoms with Crippen LogP contribution >= 0.6 is 15.9 Å². The van der Waals surface area contributed by atoms with Crippen LogP contribution in [0.1, 0.15) is 24.0 Å². The summed E-state index contributed by atoms with van der Waals surface area (Å²) in [6, 6.07) is 15.0. The highest BCUT2D eigenvalue weighted by atomic mass is 79.9. The third-order valence-electron chi connectivity index (χ3n) is 3.29. The fourth-order valence-electron chi connectivity index (χ4n) is 2.40. The Hall–Kier alpha value is -1.34. The maximum atomic E-state index is 3.70. The molecule has 0 saturated heterocycles. The second-order valence-electron chi connectivity index (χ2n) is 4.47. The third kappa shape index (κ3) is 1.85. The van der Waals surface area contributed by atoms with E-state index < -0.39 is 0 Å². The summed E-state index contributed by atoms with van der Waals surface area (Å²) in [7, 11) is 0. The molecule has 0 aliphatic heterocycles. The molecule has 0 amide bonds. The van der Waals surface area contributed by atoms with Crippen molar-refractivity contribution in [1.82, 2.24) is 0 Å². The van der Waals surface area contributed by atoms with Gasteiger partial charge in [-0.25, -0.2) is 0 Å². The van der Waals surface area contributed by atoms with Gasteiger partial charge in [0.05, 0.1) is 0 Å². The molecule has 0 nitrogen and oxygen atoms in total. The van der Waals surface area contributed by atoms with Crippen LogP contribution in [0.3, 0.4) is 0 Å². The van der Waals surface area contributed by atoms with Crippen molar-refractivity contribution in [2.75, 3.05) is 0 Å². The molecule has 1 aliphatic carbocycles. The van der Waals surface area contributed by atoms with Gasteiger partial charge in [0.25, 0.3) is 0 Å². The van der Waals surface area contributed by atoms with E-state index in [4.69, 9.17) is 0 Å². The van der Waals surface area contributed by atoms with Crippen molar-refractivity contribution < 1.29 is 0 Å². The van der Waals surface area contributed by atoms with Gasteiger partial charge >= 0.3 is 0 Å². The molecule has 0 aromatic heterocycles. The number of hydrogen-bond donors (Lipinski definition) is 0. The summed E-state index contributed by atoms with van der Waals surface area (Å²) >= 11 is 3.70.